The van der Waals surface area contributed by atoms with Crippen molar-refractivity contribution in [3.8, 4) is 0 Å². The number of nitrogens with one attached hydrogen (secondary N) is 1. The third-order valence-corrected chi connectivity index (χ3v) is 2.94. The van der Waals surface area contributed by atoms with Crippen molar-refractivity contribution >= 4 is 11.7 Å². The molecule has 2 unspecified atom stereocenters. The number of hydrogen-bond donors (Lipinski definition) is 2. The number of hydrogen-bond acceptors (Lipinski definition) is 6. The zero-order valence-corrected chi connectivity index (χ0v) is 11.0. The van der Waals surface area contributed by atoms with Gasteiger partial charge in [-0.2, -0.15) is 0 Å². The van der Waals surface area contributed by atoms with Gasteiger partial charge in [0, 0.05) is 20.1 Å². The van der Waals surface area contributed by atoms with E-state index in [0.29, 0.717) is 24.6 Å². The van der Waals surface area contributed by atoms with Crippen LogP contribution in [0.1, 0.15) is 17.4 Å². The van der Waals surface area contributed by atoms with Crippen molar-refractivity contribution in [1.29, 1.82) is 0 Å². The van der Waals surface area contributed by atoms with Gasteiger partial charge in [0.1, 0.15) is 11.5 Å². The van der Waals surface area contributed by atoms with Crippen molar-refractivity contribution in [2.24, 2.45) is 0 Å². The molecule has 0 aromatic carbocycles. The van der Waals surface area contributed by atoms with Gasteiger partial charge in [-0.25, -0.2) is 9.97 Å². The van der Waals surface area contributed by atoms with Crippen LogP contribution >= 0.6 is 0 Å². The summed E-state index contributed by atoms with van der Waals surface area (Å²) in [6, 6.07) is 0. The number of anilines is 1. The number of carbonyl (C=O) groups is 1. The maximum atomic E-state index is 12.3. The predicted octanol–water partition coefficient (Wildman–Crippen LogP) is -0.260. The molecular weight excluding hydrogens is 248 g/mol. The molecule has 2 atom stereocenters. The first kappa shape index (κ1) is 13.7. The van der Waals surface area contributed by atoms with Gasteiger partial charge in [0.05, 0.1) is 31.2 Å². The van der Waals surface area contributed by atoms with Crippen molar-refractivity contribution in [3.63, 3.8) is 0 Å². The number of rotatable bonds is 3. The molecule has 0 bridgehead atoms. The quantitative estimate of drug-likeness (QED) is 0.783. The Balaban J connectivity index is 2.09. The van der Waals surface area contributed by atoms with Crippen LogP contribution in [0.15, 0.2) is 12.4 Å². The number of amides is 1. The van der Waals surface area contributed by atoms with E-state index in [4.69, 9.17) is 9.84 Å². The Morgan fingerprint density at radius 1 is 1.53 bits per heavy atom. The lowest BCUT2D eigenvalue weighted by atomic mass is 10.2. The summed E-state index contributed by atoms with van der Waals surface area (Å²) in [4.78, 5) is 22.1. The second-order valence-corrected chi connectivity index (χ2v) is 4.50. The molecule has 0 aliphatic carbocycles. The van der Waals surface area contributed by atoms with Gasteiger partial charge in [-0.1, -0.05) is 0 Å². The maximum Gasteiger partial charge on any atom is 0.274 e. The summed E-state index contributed by atoms with van der Waals surface area (Å²) in [5, 5.41) is 12.0. The molecule has 2 N–H and O–H groups in total. The van der Waals surface area contributed by atoms with Crippen molar-refractivity contribution in [2.75, 3.05) is 32.1 Å². The Labute approximate surface area is 111 Å². The average Bonchev–Trinajstić information content (AvgIpc) is 2.46. The fraction of sp³-hybridized carbons (Fsp3) is 0.583. The molecule has 1 aliphatic rings. The third kappa shape index (κ3) is 3.18. The fourth-order valence-electron chi connectivity index (χ4n) is 2.04. The van der Waals surface area contributed by atoms with Crippen LogP contribution in [0.25, 0.3) is 0 Å². The van der Waals surface area contributed by atoms with Crippen molar-refractivity contribution < 1.29 is 14.6 Å². The van der Waals surface area contributed by atoms with Crippen LogP contribution in [0.4, 0.5) is 5.82 Å². The van der Waals surface area contributed by atoms with Gasteiger partial charge in [-0.3, -0.25) is 4.79 Å². The van der Waals surface area contributed by atoms with Crippen molar-refractivity contribution in [1.82, 2.24) is 14.9 Å². The molecule has 1 aromatic heterocycles. The van der Waals surface area contributed by atoms with E-state index >= 15 is 0 Å². The van der Waals surface area contributed by atoms with Crippen LogP contribution in [0.3, 0.4) is 0 Å². The van der Waals surface area contributed by atoms with E-state index in [1.54, 1.807) is 11.9 Å². The summed E-state index contributed by atoms with van der Waals surface area (Å²) in [6.07, 6.45) is 2.53. The first-order valence-corrected chi connectivity index (χ1v) is 6.19. The van der Waals surface area contributed by atoms with E-state index in [2.05, 4.69) is 15.3 Å². The zero-order chi connectivity index (χ0) is 13.8. The van der Waals surface area contributed by atoms with E-state index in [1.165, 1.54) is 12.4 Å². The largest absolute Gasteiger partial charge is 0.394 e. The van der Waals surface area contributed by atoms with Gasteiger partial charge in [0.2, 0.25) is 0 Å². The smallest absolute Gasteiger partial charge is 0.274 e. The summed E-state index contributed by atoms with van der Waals surface area (Å²) in [6.45, 7) is 2.64. The summed E-state index contributed by atoms with van der Waals surface area (Å²) < 4.78 is 5.50. The Hall–Kier alpha value is -1.73. The summed E-state index contributed by atoms with van der Waals surface area (Å²) in [5.41, 5.74) is 0.296. The molecule has 7 nitrogen and oxygen atoms in total. The monoisotopic (exact) mass is 266 g/mol. The van der Waals surface area contributed by atoms with E-state index in [0.717, 1.165) is 0 Å². The van der Waals surface area contributed by atoms with Gasteiger partial charge >= 0.3 is 0 Å². The molecule has 1 saturated heterocycles. The molecule has 0 radical (unpaired) electrons. The van der Waals surface area contributed by atoms with Gasteiger partial charge in [-0.15, -0.1) is 0 Å². The molecule has 7 heteroatoms. The number of aromatic nitrogens is 2. The number of aliphatic hydroxyl groups is 1. The predicted molar refractivity (Wildman–Crippen MR) is 68.9 cm³/mol. The standard InChI is InChI=1S/C12H18N4O3/c1-8-5-16(6-9(7-17)19-8)12(18)10-3-15-11(13-2)4-14-10/h3-4,8-9,17H,5-7H2,1-2H3,(H,13,15). The number of nitrogens with zero attached hydrogens (tertiary/aromatic N) is 3. The number of morpholine rings is 1. The Bertz CT molecular complexity index is 437. The molecule has 2 rings (SSSR count). The molecule has 1 fully saturated rings. The lowest BCUT2D eigenvalue weighted by Gasteiger charge is -2.35. The molecule has 0 saturated carbocycles. The van der Waals surface area contributed by atoms with Crippen LogP contribution in [0, 0.1) is 0 Å². The molecule has 1 amide bonds. The third-order valence-electron chi connectivity index (χ3n) is 2.94. The normalized spacial score (nSPS) is 23.2. The lowest BCUT2D eigenvalue weighted by Crippen LogP contribution is -2.50. The highest BCUT2D eigenvalue weighted by atomic mass is 16.5. The topological polar surface area (TPSA) is 87.6 Å². The molecular formula is C12H18N4O3. The van der Waals surface area contributed by atoms with Crippen molar-refractivity contribution in [2.45, 2.75) is 19.1 Å². The number of ether oxygens (including phenoxy) is 1. The van der Waals surface area contributed by atoms with Gasteiger partial charge in [0.15, 0.2) is 0 Å². The summed E-state index contributed by atoms with van der Waals surface area (Å²) in [7, 11) is 1.74. The average molecular weight is 266 g/mol. The molecule has 1 aliphatic heterocycles. The Morgan fingerprint density at radius 2 is 2.32 bits per heavy atom. The minimum atomic E-state index is -0.336. The van der Waals surface area contributed by atoms with Gasteiger partial charge in [0.25, 0.3) is 5.91 Å². The van der Waals surface area contributed by atoms with E-state index in [9.17, 15) is 4.79 Å². The van der Waals surface area contributed by atoms with Crippen LogP contribution in [0.5, 0.6) is 0 Å². The highest BCUT2D eigenvalue weighted by Gasteiger charge is 2.29. The van der Waals surface area contributed by atoms with E-state index < -0.39 is 0 Å². The fourth-order valence-corrected chi connectivity index (χ4v) is 2.04. The second kappa shape index (κ2) is 5.94. The summed E-state index contributed by atoms with van der Waals surface area (Å²) in [5.74, 6) is 0.420. The minimum absolute atomic E-state index is 0.0978. The van der Waals surface area contributed by atoms with E-state index in [-0.39, 0.29) is 24.7 Å². The Morgan fingerprint density at radius 3 is 2.89 bits per heavy atom. The highest BCUT2D eigenvalue weighted by Crippen LogP contribution is 2.13. The summed E-state index contributed by atoms with van der Waals surface area (Å²) >= 11 is 0. The van der Waals surface area contributed by atoms with Crippen LogP contribution in [-0.4, -0.2) is 64.8 Å². The van der Waals surface area contributed by atoms with E-state index in [1.807, 2.05) is 6.92 Å². The van der Waals surface area contributed by atoms with Gasteiger partial charge in [-0.05, 0) is 6.92 Å². The number of aliphatic hydroxyl groups excluding tert-OH is 1. The van der Waals surface area contributed by atoms with Crippen LogP contribution in [0.2, 0.25) is 0 Å². The zero-order valence-electron chi connectivity index (χ0n) is 11.0. The van der Waals surface area contributed by atoms with Crippen LogP contribution < -0.4 is 5.32 Å². The van der Waals surface area contributed by atoms with Crippen molar-refractivity contribution in [3.05, 3.63) is 18.1 Å². The molecule has 19 heavy (non-hydrogen) atoms. The molecule has 0 spiro atoms. The molecule has 1 aromatic rings. The second-order valence-electron chi connectivity index (χ2n) is 4.50. The number of carbonyl (C=O) groups excluding carboxylic acids is 1. The SMILES string of the molecule is CNc1cnc(C(=O)N2CC(C)OC(CO)C2)cn1. The highest BCUT2D eigenvalue weighted by molar-refractivity contribution is 5.92. The Kier molecular flexibility index (Phi) is 4.28. The molecule has 2 heterocycles. The van der Waals surface area contributed by atoms with Gasteiger partial charge < -0.3 is 20.1 Å². The minimum Gasteiger partial charge on any atom is -0.394 e. The molecule has 104 valence electrons. The lowest BCUT2D eigenvalue weighted by molar-refractivity contribution is -0.0859. The maximum absolute atomic E-state index is 12.3. The first-order valence-electron chi connectivity index (χ1n) is 6.19. The first-order chi connectivity index (χ1) is 9.13. The van der Waals surface area contributed by atoms with Crippen LogP contribution in [-0.2, 0) is 4.74 Å².